The number of fused-ring (bicyclic) bond motifs is 1. The number of piperidine rings is 1. The summed E-state index contributed by atoms with van der Waals surface area (Å²) in [5, 5.41) is 3.40. The molecule has 3 heterocycles. The van der Waals surface area contributed by atoms with Crippen LogP contribution in [0.15, 0.2) is 17.1 Å². The highest BCUT2D eigenvalue weighted by atomic mass is 16.1. The van der Waals surface area contributed by atoms with Gasteiger partial charge in [0.15, 0.2) is 0 Å². The molecular formula is C14H21N3O. The number of rotatable bonds is 2. The minimum absolute atomic E-state index is 0.0995. The van der Waals surface area contributed by atoms with Gasteiger partial charge in [-0.15, -0.1) is 0 Å². The smallest absolute Gasteiger partial charge is 0.252 e. The molecule has 1 aromatic rings. The Morgan fingerprint density at radius 2 is 2.17 bits per heavy atom. The number of pyridine rings is 1. The fourth-order valence-electron chi connectivity index (χ4n) is 3.13. The van der Waals surface area contributed by atoms with Gasteiger partial charge in [-0.05, 0) is 49.9 Å². The number of aromatic amines is 1. The zero-order valence-electron chi connectivity index (χ0n) is 10.7. The van der Waals surface area contributed by atoms with Gasteiger partial charge in [0.25, 0.3) is 5.56 Å². The van der Waals surface area contributed by atoms with Crippen molar-refractivity contribution in [3.63, 3.8) is 0 Å². The molecule has 18 heavy (non-hydrogen) atoms. The molecule has 3 rings (SSSR count). The van der Waals surface area contributed by atoms with Gasteiger partial charge < -0.3 is 10.3 Å². The first-order valence-corrected chi connectivity index (χ1v) is 6.95. The maximum atomic E-state index is 11.8. The number of nitrogens with one attached hydrogen (secondary N) is 2. The van der Waals surface area contributed by atoms with Crippen LogP contribution in [0.4, 0.5) is 0 Å². The monoisotopic (exact) mass is 247 g/mol. The third-order valence-electron chi connectivity index (χ3n) is 4.21. The maximum absolute atomic E-state index is 11.8. The molecule has 1 saturated heterocycles. The van der Waals surface area contributed by atoms with E-state index >= 15 is 0 Å². The first-order chi connectivity index (χ1) is 8.83. The van der Waals surface area contributed by atoms with Crippen LogP contribution < -0.4 is 10.9 Å². The SMILES string of the molecule is O=c1[nH]ccc2c1CN(CC1CCNCC1)CC2. The predicted octanol–water partition coefficient (Wildman–Crippen LogP) is 0.733. The van der Waals surface area contributed by atoms with Crippen molar-refractivity contribution < 1.29 is 0 Å². The van der Waals surface area contributed by atoms with Crippen LogP contribution in [0.2, 0.25) is 0 Å². The standard InChI is InChI=1S/C14H21N3O/c18-14-13-10-17(8-4-12(13)3-7-16-14)9-11-1-5-15-6-2-11/h3,7,11,15H,1-2,4-6,8-10H2,(H,16,18). The average Bonchev–Trinajstić information content (AvgIpc) is 2.41. The molecule has 0 aromatic carbocycles. The van der Waals surface area contributed by atoms with E-state index in [4.69, 9.17) is 0 Å². The number of H-pyrrole nitrogens is 1. The highest BCUT2D eigenvalue weighted by Gasteiger charge is 2.22. The van der Waals surface area contributed by atoms with Gasteiger partial charge in [0.1, 0.15) is 0 Å². The van der Waals surface area contributed by atoms with Gasteiger partial charge in [-0.2, -0.15) is 0 Å². The summed E-state index contributed by atoms with van der Waals surface area (Å²) >= 11 is 0. The first kappa shape index (κ1) is 11.9. The zero-order chi connectivity index (χ0) is 12.4. The van der Waals surface area contributed by atoms with E-state index in [9.17, 15) is 4.79 Å². The summed E-state index contributed by atoms with van der Waals surface area (Å²) < 4.78 is 0. The Morgan fingerprint density at radius 1 is 1.33 bits per heavy atom. The normalized spacial score (nSPS) is 21.8. The Kier molecular flexibility index (Phi) is 3.48. The molecule has 4 heteroatoms. The maximum Gasteiger partial charge on any atom is 0.252 e. The number of hydrogen-bond donors (Lipinski definition) is 2. The third kappa shape index (κ3) is 2.49. The molecular weight excluding hydrogens is 226 g/mol. The summed E-state index contributed by atoms with van der Waals surface area (Å²) in [4.78, 5) is 17.1. The largest absolute Gasteiger partial charge is 0.329 e. The van der Waals surface area contributed by atoms with Crippen molar-refractivity contribution in [3.8, 4) is 0 Å². The van der Waals surface area contributed by atoms with Crippen LogP contribution in [0.3, 0.4) is 0 Å². The summed E-state index contributed by atoms with van der Waals surface area (Å²) in [6.07, 6.45) is 5.33. The second-order valence-electron chi connectivity index (χ2n) is 5.49. The van der Waals surface area contributed by atoms with Crippen LogP contribution in [-0.2, 0) is 13.0 Å². The van der Waals surface area contributed by atoms with Gasteiger partial charge >= 0.3 is 0 Å². The van der Waals surface area contributed by atoms with Crippen LogP contribution in [0.1, 0.15) is 24.0 Å². The van der Waals surface area contributed by atoms with Crippen molar-refractivity contribution in [2.24, 2.45) is 5.92 Å². The third-order valence-corrected chi connectivity index (χ3v) is 4.21. The molecule has 1 fully saturated rings. The van der Waals surface area contributed by atoms with E-state index < -0.39 is 0 Å². The van der Waals surface area contributed by atoms with Crippen LogP contribution in [0.25, 0.3) is 0 Å². The van der Waals surface area contributed by atoms with Gasteiger partial charge in [0.05, 0.1) is 0 Å². The van der Waals surface area contributed by atoms with E-state index in [0.717, 1.165) is 50.6 Å². The quantitative estimate of drug-likeness (QED) is 0.810. The molecule has 0 saturated carbocycles. The van der Waals surface area contributed by atoms with E-state index in [1.165, 1.54) is 18.4 Å². The summed E-state index contributed by atoms with van der Waals surface area (Å²) in [5.41, 5.74) is 2.32. The van der Waals surface area contributed by atoms with Crippen molar-refractivity contribution in [3.05, 3.63) is 33.7 Å². The molecule has 2 aliphatic heterocycles. The van der Waals surface area contributed by atoms with Gasteiger partial charge in [0, 0.05) is 31.4 Å². The molecule has 0 atom stereocenters. The Morgan fingerprint density at radius 3 is 3.00 bits per heavy atom. The zero-order valence-corrected chi connectivity index (χ0v) is 10.7. The van der Waals surface area contributed by atoms with E-state index in [1.54, 1.807) is 6.20 Å². The first-order valence-electron chi connectivity index (χ1n) is 6.95. The van der Waals surface area contributed by atoms with Gasteiger partial charge in [-0.25, -0.2) is 0 Å². The Labute approximate surface area is 107 Å². The highest BCUT2D eigenvalue weighted by Crippen LogP contribution is 2.19. The summed E-state index contributed by atoms with van der Waals surface area (Å²) in [7, 11) is 0. The van der Waals surface area contributed by atoms with Crippen LogP contribution in [-0.4, -0.2) is 36.1 Å². The van der Waals surface area contributed by atoms with Crippen molar-refractivity contribution in [2.45, 2.75) is 25.8 Å². The number of aromatic nitrogens is 1. The lowest BCUT2D eigenvalue weighted by Gasteiger charge is -2.33. The topological polar surface area (TPSA) is 48.1 Å². The van der Waals surface area contributed by atoms with Crippen LogP contribution in [0.5, 0.6) is 0 Å². The van der Waals surface area contributed by atoms with Crippen molar-refractivity contribution in [2.75, 3.05) is 26.2 Å². The van der Waals surface area contributed by atoms with E-state index in [2.05, 4.69) is 21.3 Å². The molecule has 4 nitrogen and oxygen atoms in total. The van der Waals surface area contributed by atoms with Gasteiger partial charge in [-0.3, -0.25) is 9.69 Å². The highest BCUT2D eigenvalue weighted by molar-refractivity contribution is 5.25. The fourth-order valence-corrected chi connectivity index (χ4v) is 3.13. The molecule has 98 valence electrons. The van der Waals surface area contributed by atoms with Crippen LogP contribution >= 0.6 is 0 Å². The molecule has 2 N–H and O–H groups in total. The second kappa shape index (κ2) is 5.24. The Bertz CT molecular complexity index is 462. The van der Waals surface area contributed by atoms with Crippen molar-refractivity contribution in [1.82, 2.24) is 15.2 Å². The lowest BCUT2D eigenvalue weighted by Crippen LogP contribution is -2.40. The van der Waals surface area contributed by atoms with E-state index in [1.807, 2.05) is 0 Å². The number of hydrogen-bond acceptors (Lipinski definition) is 3. The minimum atomic E-state index is 0.0995. The molecule has 0 unspecified atom stereocenters. The van der Waals surface area contributed by atoms with Crippen LogP contribution in [0, 0.1) is 5.92 Å². The Balaban J connectivity index is 1.67. The summed E-state index contributed by atoms with van der Waals surface area (Å²) in [6.45, 7) is 5.37. The van der Waals surface area contributed by atoms with E-state index in [0.29, 0.717) is 0 Å². The van der Waals surface area contributed by atoms with Crippen molar-refractivity contribution in [1.29, 1.82) is 0 Å². The van der Waals surface area contributed by atoms with Crippen molar-refractivity contribution >= 4 is 0 Å². The molecule has 2 aliphatic rings. The molecule has 0 aliphatic carbocycles. The van der Waals surface area contributed by atoms with Gasteiger partial charge in [0.2, 0.25) is 0 Å². The molecule has 0 spiro atoms. The number of nitrogens with zero attached hydrogens (tertiary/aromatic N) is 1. The van der Waals surface area contributed by atoms with E-state index in [-0.39, 0.29) is 5.56 Å². The fraction of sp³-hybridized carbons (Fsp3) is 0.643. The predicted molar refractivity (Wildman–Crippen MR) is 71.6 cm³/mol. The minimum Gasteiger partial charge on any atom is -0.329 e. The summed E-state index contributed by atoms with van der Waals surface area (Å²) in [5.74, 6) is 0.801. The Hall–Kier alpha value is -1.13. The second-order valence-corrected chi connectivity index (χ2v) is 5.49. The summed E-state index contributed by atoms with van der Waals surface area (Å²) in [6, 6.07) is 2.05. The molecule has 0 amide bonds. The lowest BCUT2D eigenvalue weighted by atomic mass is 9.95. The van der Waals surface area contributed by atoms with Gasteiger partial charge in [-0.1, -0.05) is 0 Å². The molecule has 0 radical (unpaired) electrons. The molecule has 0 bridgehead atoms. The average molecular weight is 247 g/mol. The molecule has 1 aromatic heterocycles. The lowest BCUT2D eigenvalue weighted by molar-refractivity contribution is 0.190.